The van der Waals surface area contributed by atoms with E-state index in [1.165, 1.54) is 0 Å². The normalized spacial score (nSPS) is 15.2. The minimum atomic E-state index is -0.446. The molecule has 6 nitrogen and oxygen atoms in total. The van der Waals surface area contributed by atoms with E-state index in [0.29, 0.717) is 18.9 Å². The van der Waals surface area contributed by atoms with Crippen LogP contribution in [0, 0.1) is 4.91 Å². The standard InChI is InChI=1S/C16H22N2O4/c1-4-12-8-15-14(9-13(12)11(2)17-20)18(6-5-7-21-3)16(19)10-22-15/h8-9,11H,4-7,10H2,1-3H3. The lowest BCUT2D eigenvalue weighted by molar-refractivity contribution is -0.121. The van der Waals surface area contributed by atoms with Gasteiger partial charge in [-0.1, -0.05) is 12.1 Å². The van der Waals surface area contributed by atoms with Crippen molar-refractivity contribution in [2.24, 2.45) is 5.18 Å². The SMILES string of the molecule is CCc1cc2c(cc1C(C)N=O)N(CCCOC)C(=O)CO2. The highest BCUT2D eigenvalue weighted by molar-refractivity contribution is 5.98. The summed E-state index contributed by atoms with van der Waals surface area (Å²) in [5.41, 5.74) is 2.60. The summed E-state index contributed by atoms with van der Waals surface area (Å²) < 4.78 is 10.6. The van der Waals surface area contributed by atoms with E-state index < -0.39 is 6.04 Å². The molecule has 120 valence electrons. The number of methoxy groups -OCH3 is 1. The number of rotatable bonds is 7. The van der Waals surface area contributed by atoms with Crippen LogP contribution in [0.5, 0.6) is 5.75 Å². The van der Waals surface area contributed by atoms with E-state index in [2.05, 4.69) is 5.18 Å². The van der Waals surface area contributed by atoms with Crippen molar-refractivity contribution in [3.05, 3.63) is 28.2 Å². The molecule has 22 heavy (non-hydrogen) atoms. The lowest BCUT2D eigenvalue weighted by Crippen LogP contribution is -2.40. The van der Waals surface area contributed by atoms with Crippen LogP contribution in [0.15, 0.2) is 17.3 Å². The molecule has 0 aromatic heterocycles. The van der Waals surface area contributed by atoms with Gasteiger partial charge in [0, 0.05) is 20.3 Å². The third-order valence-corrected chi connectivity index (χ3v) is 3.88. The Morgan fingerprint density at radius 3 is 2.86 bits per heavy atom. The first-order valence-corrected chi connectivity index (χ1v) is 7.53. The highest BCUT2D eigenvalue weighted by Gasteiger charge is 2.27. The zero-order valence-corrected chi connectivity index (χ0v) is 13.3. The van der Waals surface area contributed by atoms with Crippen LogP contribution in [0.4, 0.5) is 5.69 Å². The van der Waals surface area contributed by atoms with Gasteiger partial charge in [-0.15, -0.1) is 0 Å². The maximum atomic E-state index is 12.1. The smallest absolute Gasteiger partial charge is 0.265 e. The van der Waals surface area contributed by atoms with Crippen molar-refractivity contribution in [3.63, 3.8) is 0 Å². The summed E-state index contributed by atoms with van der Waals surface area (Å²) in [6.45, 7) is 4.98. The number of nitroso groups, excluding NO2 is 1. The van der Waals surface area contributed by atoms with Gasteiger partial charge >= 0.3 is 0 Å². The number of anilines is 1. The largest absolute Gasteiger partial charge is 0.482 e. The number of fused-ring (bicyclic) bond motifs is 1. The Morgan fingerprint density at radius 1 is 1.45 bits per heavy atom. The number of ether oxygens (including phenoxy) is 2. The minimum absolute atomic E-state index is 0.0456. The first-order valence-electron chi connectivity index (χ1n) is 7.53. The van der Waals surface area contributed by atoms with Gasteiger partial charge in [0.2, 0.25) is 0 Å². The molecule has 1 aliphatic rings. The van der Waals surface area contributed by atoms with Crippen LogP contribution in [0.25, 0.3) is 0 Å². The van der Waals surface area contributed by atoms with E-state index in [9.17, 15) is 9.70 Å². The molecule has 0 N–H and O–H groups in total. The van der Waals surface area contributed by atoms with Crippen molar-refractivity contribution in [3.8, 4) is 5.75 Å². The van der Waals surface area contributed by atoms with Crippen LogP contribution in [0.1, 0.15) is 37.4 Å². The predicted molar refractivity (Wildman–Crippen MR) is 84.4 cm³/mol. The number of amides is 1. The van der Waals surface area contributed by atoms with E-state index in [1.54, 1.807) is 18.9 Å². The fourth-order valence-corrected chi connectivity index (χ4v) is 2.67. The molecular weight excluding hydrogens is 284 g/mol. The Kier molecular flexibility index (Phi) is 5.49. The predicted octanol–water partition coefficient (Wildman–Crippen LogP) is 2.84. The summed E-state index contributed by atoms with van der Waals surface area (Å²) in [5, 5.41) is 3.12. The van der Waals surface area contributed by atoms with Crippen molar-refractivity contribution in [2.75, 3.05) is 31.8 Å². The lowest BCUT2D eigenvalue weighted by atomic mass is 9.97. The van der Waals surface area contributed by atoms with Crippen molar-refractivity contribution < 1.29 is 14.3 Å². The number of carbonyl (C=O) groups is 1. The first kappa shape index (κ1) is 16.4. The number of benzene rings is 1. The van der Waals surface area contributed by atoms with Gasteiger partial charge < -0.3 is 14.4 Å². The third kappa shape index (κ3) is 3.27. The Hall–Kier alpha value is -1.95. The van der Waals surface area contributed by atoms with Crippen molar-refractivity contribution in [1.29, 1.82) is 0 Å². The van der Waals surface area contributed by atoms with Gasteiger partial charge in [-0.2, -0.15) is 4.91 Å². The molecule has 0 bridgehead atoms. The van der Waals surface area contributed by atoms with Gasteiger partial charge in [-0.3, -0.25) is 4.79 Å². The molecular formula is C16H22N2O4. The second kappa shape index (κ2) is 7.35. The molecule has 1 heterocycles. The quantitative estimate of drug-likeness (QED) is 0.574. The summed E-state index contributed by atoms with van der Waals surface area (Å²) >= 11 is 0. The Balaban J connectivity index is 2.39. The number of hydrogen-bond acceptors (Lipinski definition) is 5. The second-order valence-electron chi connectivity index (χ2n) is 5.33. The summed E-state index contributed by atoms with van der Waals surface area (Å²) in [7, 11) is 1.64. The topological polar surface area (TPSA) is 68.2 Å². The van der Waals surface area contributed by atoms with Crippen molar-refractivity contribution in [1.82, 2.24) is 0 Å². The van der Waals surface area contributed by atoms with E-state index in [4.69, 9.17) is 9.47 Å². The Morgan fingerprint density at radius 2 is 2.23 bits per heavy atom. The molecule has 1 atom stereocenters. The van der Waals surface area contributed by atoms with Gasteiger partial charge in [-0.25, -0.2) is 0 Å². The molecule has 1 aromatic carbocycles. The molecule has 1 amide bonds. The zero-order valence-electron chi connectivity index (χ0n) is 13.3. The average molecular weight is 306 g/mol. The van der Waals surface area contributed by atoms with E-state index in [-0.39, 0.29) is 12.5 Å². The molecule has 0 radical (unpaired) electrons. The van der Waals surface area contributed by atoms with E-state index in [0.717, 1.165) is 29.7 Å². The Bertz CT molecular complexity index is 559. The number of hydrogen-bond donors (Lipinski definition) is 0. The fourth-order valence-electron chi connectivity index (χ4n) is 2.67. The van der Waals surface area contributed by atoms with Gasteiger partial charge in [0.25, 0.3) is 5.91 Å². The molecule has 6 heteroatoms. The third-order valence-electron chi connectivity index (χ3n) is 3.88. The average Bonchev–Trinajstić information content (AvgIpc) is 2.55. The van der Waals surface area contributed by atoms with E-state index in [1.807, 2.05) is 19.1 Å². The monoisotopic (exact) mass is 306 g/mol. The van der Waals surface area contributed by atoms with Crippen LogP contribution < -0.4 is 9.64 Å². The maximum Gasteiger partial charge on any atom is 0.265 e. The number of carbonyl (C=O) groups excluding carboxylic acids is 1. The zero-order chi connectivity index (χ0) is 16.1. The summed E-state index contributed by atoms with van der Waals surface area (Å²) in [6, 6.07) is 3.34. The van der Waals surface area contributed by atoms with Crippen LogP contribution in [-0.4, -0.2) is 32.8 Å². The first-order chi connectivity index (χ1) is 10.6. The summed E-state index contributed by atoms with van der Waals surface area (Å²) in [5.74, 6) is 0.612. The van der Waals surface area contributed by atoms with Crippen molar-refractivity contribution >= 4 is 11.6 Å². The number of nitrogens with zero attached hydrogens (tertiary/aromatic N) is 2. The van der Waals surface area contributed by atoms with Gasteiger partial charge in [-0.05, 0) is 43.0 Å². The fraction of sp³-hybridized carbons (Fsp3) is 0.562. The molecule has 2 rings (SSSR count). The molecule has 1 aromatic rings. The molecule has 1 aliphatic heterocycles. The van der Waals surface area contributed by atoms with Crippen LogP contribution in [0.2, 0.25) is 0 Å². The molecule has 0 saturated carbocycles. The van der Waals surface area contributed by atoms with E-state index >= 15 is 0 Å². The second-order valence-corrected chi connectivity index (χ2v) is 5.33. The summed E-state index contributed by atoms with van der Waals surface area (Å²) in [6.07, 6.45) is 1.53. The van der Waals surface area contributed by atoms with Gasteiger partial charge in [0.05, 0.1) is 5.69 Å². The van der Waals surface area contributed by atoms with Crippen LogP contribution in [-0.2, 0) is 16.0 Å². The lowest BCUT2D eigenvalue weighted by Gasteiger charge is -2.31. The molecule has 0 aliphatic carbocycles. The van der Waals surface area contributed by atoms with Crippen LogP contribution >= 0.6 is 0 Å². The minimum Gasteiger partial charge on any atom is -0.482 e. The van der Waals surface area contributed by atoms with Crippen LogP contribution in [0.3, 0.4) is 0 Å². The van der Waals surface area contributed by atoms with Gasteiger partial charge in [0.1, 0.15) is 11.8 Å². The van der Waals surface area contributed by atoms with Gasteiger partial charge in [0.15, 0.2) is 6.61 Å². The van der Waals surface area contributed by atoms with Crippen molar-refractivity contribution in [2.45, 2.75) is 32.7 Å². The number of aryl methyl sites for hydroxylation is 1. The highest BCUT2D eigenvalue weighted by Crippen LogP contribution is 2.37. The Labute approximate surface area is 130 Å². The molecule has 0 spiro atoms. The summed E-state index contributed by atoms with van der Waals surface area (Å²) in [4.78, 5) is 24.8. The molecule has 0 saturated heterocycles. The maximum absolute atomic E-state index is 12.1. The highest BCUT2D eigenvalue weighted by atomic mass is 16.5. The molecule has 1 unspecified atom stereocenters. The molecule has 0 fully saturated rings.